The summed E-state index contributed by atoms with van der Waals surface area (Å²) in [5.41, 5.74) is 0. The van der Waals surface area contributed by atoms with Gasteiger partial charge in [0.2, 0.25) is 11.8 Å². The van der Waals surface area contributed by atoms with Crippen molar-refractivity contribution in [1.82, 2.24) is 10.6 Å². The third-order valence-corrected chi connectivity index (χ3v) is 6.57. The van der Waals surface area contributed by atoms with E-state index in [4.69, 9.17) is 14.6 Å². The van der Waals surface area contributed by atoms with Gasteiger partial charge in [-0.1, -0.05) is 89.9 Å². The number of nitrogens with one attached hydrogen (secondary N) is 2. The number of hydrogen-bond acceptors (Lipinski definition) is 6. The smallest absolute Gasteiger partial charge is 0.303 e. The van der Waals surface area contributed by atoms with Crippen LogP contribution >= 0.6 is 0 Å². The fourth-order valence-electron chi connectivity index (χ4n) is 4.30. The van der Waals surface area contributed by atoms with Gasteiger partial charge >= 0.3 is 5.97 Å². The Morgan fingerprint density at radius 3 is 1.41 bits per heavy atom. The average Bonchev–Trinajstić information content (AvgIpc) is 2.91. The SMILES string of the molecule is O=CCOCCOCCNC(=O)CCCNC(=O)CCCCCCCCCCCCCCCCCCC(=O)O. The molecular formula is C30H56N2O7. The number of carboxylic acid groups (broad SMARTS) is 1. The van der Waals surface area contributed by atoms with Crippen LogP contribution in [0, 0.1) is 0 Å². The number of carbonyl (C=O) groups is 4. The largest absolute Gasteiger partial charge is 0.481 e. The molecule has 9 heteroatoms. The minimum absolute atomic E-state index is 0.0525. The van der Waals surface area contributed by atoms with Crippen LogP contribution in [0.15, 0.2) is 0 Å². The van der Waals surface area contributed by atoms with E-state index in [9.17, 15) is 19.2 Å². The summed E-state index contributed by atoms with van der Waals surface area (Å²) in [6.45, 7) is 2.16. The van der Waals surface area contributed by atoms with Crippen LogP contribution in [0.25, 0.3) is 0 Å². The van der Waals surface area contributed by atoms with E-state index in [0.29, 0.717) is 64.9 Å². The second-order valence-electron chi connectivity index (χ2n) is 10.2. The molecule has 0 saturated heterocycles. The fourth-order valence-corrected chi connectivity index (χ4v) is 4.30. The Morgan fingerprint density at radius 1 is 0.513 bits per heavy atom. The Bertz CT molecular complexity index is 602. The van der Waals surface area contributed by atoms with Crippen molar-refractivity contribution in [3.63, 3.8) is 0 Å². The van der Waals surface area contributed by atoms with E-state index in [1.54, 1.807) is 0 Å². The Kier molecular flexibility index (Phi) is 29.0. The minimum atomic E-state index is -0.681. The first-order chi connectivity index (χ1) is 19.1. The van der Waals surface area contributed by atoms with Crippen molar-refractivity contribution in [3.05, 3.63) is 0 Å². The summed E-state index contributed by atoms with van der Waals surface area (Å²) >= 11 is 0. The van der Waals surface area contributed by atoms with Gasteiger partial charge in [-0.05, 0) is 19.3 Å². The van der Waals surface area contributed by atoms with E-state index in [1.807, 2.05) is 0 Å². The molecule has 0 atom stereocenters. The molecule has 39 heavy (non-hydrogen) atoms. The lowest BCUT2D eigenvalue weighted by atomic mass is 10.0. The Balaban J connectivity index is 3.25. The zero-order chi connectivity index (χ0) is 28.7. The summed E-state index contributed by atoms with van der Waals surface area (Å²) in [5.74, 6) is -0.665. The van der Waals surface area contributed by atoms with Gasteiger partial charge in [0, 0.05) is 32.4 Å². The highest BCUT2D eigenvalue weighted by Crippen LogP contribution is 2.14. The van der Waals surface area contributed by atoms with E-state index >= 15 is 0 Å². The summed E-state index contributed by atoms with van der Waals surface area (Å²) in [7, 11) is 0. The second kappa shape index (κ2) is 30.5. The second-order valence-corrected chi connectivity index (χ2v) is 10.2. The molecule has 3 N–H and O–H groups in total. The molecule has 0 aliphatic carbocycles. The summed E-state index contributed by atoms with van der Waals surface area (Å²) in [4.78, 5) is 44.2. The van der Waals surface area contributed by atoms with Crippen LogP contribution in [0.1, 0.15) is 128 Å². The minimum Gasteiger partial charge on any atom is -0.481 e. The zero-order valence-electron chi connectivity index (χ0n) is 24.4. The van der Waals surface area contributed by atoms with Gasteiger partial charge in [-0.3, -0.25) is 14.4 Å². The Labute approximate surface area is 236 Å². The van der Waals surface area contributed by atoms with Gasteiger partial charge < -0.3 is 30.0 Å². The maximum Gasteiger partial charge on any atom is 0.303 e. The van der Waals surface area contributed by atoms with Gasteiger partial charge in [-0.2, -0.15) is 0 Å². The maximum absolute atomic E-state index is 11.9. The van der Waals surface area contributed by atoms with Crippen LogP contribution in [0.5, 0.6) is 0 Å². The van der Waals surface area contributed by atoms with Crippen LogP contribution in [-0.2, 0) is 28.7 Å². The molecule has 0 radical (unpaired) electrons. The van der Waals surface area contributed by atoms with Crippen LogP contribution in [-0.4, -0.2) is 68.7 Å². The van der Waals surface area contributed by atoms with Gasteiger partial charge in [0.25, 0.3) is 0 Å². The fraction of sp³-hybridized carbons (Fsp3) is 0.867. The third-order valence-electron chi connectivity index (χ3n) is 6.57. The highest BCUT2D eigenvalue weighted by Gasteiger charge is 2.04. The standard InChI is InChI=1S/C30H56N2O7/c33-23-25-39-27-26-38-24-22-32-29(35)19-17-21-31-28(34)18-15-13-11-9-7-5-3-1-2-4-6-8-10-12-14-16-20-30(36)37/h23H,1-22,24-27H2,(H,31,34)(H,32,35)(H,36,37). The van der Waals surface area contributed by atoms with Crippen molar-refractivity contribution < 1.29 is 33.8 Å². The molecule has 0 aromatic rings. The molecule has 0 aromatic carbocycles. The van der Waals surface area contributed by atoms with Gasteiger partial charge in [0.1, 0.15) is 12.9 Å². The number of amides is 2. The van der Waals surface area contributed by atoms with Crippen molar-refractivity contribution in [3.8, 4) is 0 Å². The van der Waals surface area contributed by atoms with Crippen LogP contribution in [0.2, 0.25) is 0 Å². The molecule has 0 saturated carbocycles. The number of carbonyl (C=O) groups excluding carboxylic acids is 3. The van der Waals surface area contributed by atoms with Gasteiger partial charge in [0.05, 0.1) is 19.8 Å². The average molecular weight is 557 g/mol. The lowest BCUT2D eigenvalue weighted by Crippen LogP contribution is -2.29. The van der Waals surface area contributed by atoms with Crippen LogP contribution < -0.4 is 10.6 Å². The Hall–Kier alpha value is -2.00. The first-order valence-electron chi connectivity index (χ1n) is 15.4. The van der Waals surface area contributed by atoms with Gasteiger partial charge in [-0.25, -0.2) is 0 Å². The summed E-state index contributed by atoms with van der Waals surface area (Å²) < 4.78 is 10.2. The van der Waals surface area contributed by atoms with Crippen LogP contribution in [0.4, 0.5) is 0 Å². The maximum atomic E-state index is 11.9. The molecule has 0 unspecified atom stereocenters. The van der Waals surface area contributed by atoms with E-state index in [-0.39, 0.29) is 18.4 Å². The molecular weight excluding hydrogens is 500 g/mol. The molecule has 0 aromatic heterocycles. The number of ether oxygens (including phenoxy) is 2. The third kappa shape index (κ3) is 32.1. The highest BCUT2D eigenvalue weighted by atomic mass is 16.5. The monoisotopic (exact) mass is 556 g/mol. The lowest BCUT2D eigenvalue weighted by Gasteiger charge is -2.07. The molecule has 0 heterocycles. The van der Waals surface area contributed by atoms with Crippen molar-refractivity contribution in [2.45, 2.75) is 128 Å². The number of carboxylic acids is 1. The molecule has 0 aliphatic rings. The normalized spacial score (nSPS) is 10.9. The molecule has 0 fully saturated rings. The van der Waals surface area contributed by atoms with Crippen molar-refractivity contribution in [2.75, 3.05) is 39.5 Å². The Morgan fingerprint density at radius 2 is 0.923 bits per heavy atom. The van der Waals surface area contributed by atoms with Crippen LogP contribution in [0.3, 0.4) is 0 Å². The van der Waals surface area contributed by atoms with Gasteiger partial charge in [0.15, 0.2) is 0 Å². The molecule has 0 spiro atoms. The van der Waals surface area contributed by atoms with E-state index in [2.05, 4.69) is 10.6 Å². The number of aldehydes is 1. The lowest BCUT2D eigenvalue weighted by molar-refractivity contribution is -0.137. The molecule has 2 amide bonds. The summed E-state index contributed by atoms with van der Waals surface area (Å²) in [6.07, 6.45) is 21.8. The predicted molar refractivity (Wildman–Crippen MR) is 154 cm³/mol. The zero-order valence-corrected chi connectivity index (χ0v) is 24.4. The van der Waals surface area contributed by atoms with Crippen molar-refractivity contribution in [1.29, 1.82) is 0 Å². The number of unbranched alkanes of at least 4 members (excludes halogenated alkanes) is 15. The molecule has 9 nitrogen and oxygen atoms in total. The number of rotatable bonds is 31. The highest BCUT2D eigenvalue weighted by molar-refractivity contribution is 5.77. The molecule has 0 aliphatic heterocycles. The molecule has 0 bridgehead atoms. The summed E-state index contributed by atoms with van der Waals surface area (Å²) in [6, 6.07) is 0. The summed E-state index contributed by atoms with van der Waals surface area (Å²) in [5, 5.41) is 14.3. The van der Waals surface area contributed by atoms with E-state index in [0.717, 1.165) is 25.7 Å². The first kappa shape index (κ1) is 37.0. The number of aliphatic carboxylic acids is 1. The first-order valence-corrected chi connectivity index (χ1v) is 15.4. The van der Waals surface area contributed by atoms with Gasteiger partial charge in [-0.15, -0.1) is 0 Å². The number of hydrogen-bond donors (Lipinski definition) is 3. The molecule has 0 rings (SSSR count). The van der Waals surface area contributed by atoms with Crippen molar-refractivity contribution in [2.24, 2.45) is 0 Å². The van der Waals surface area contributed by atoms with E-state index < -0.39 is 5.97 Å². The predicted octanol–water partition coefficient (Wildman–Crippen LogP) is 5.34. The van der Waals surface area contributed by atoms with Crippen molar-refractivity contribution >= 4 is 24.1 Å². The van der Waals surface area contributed by atoms with E-state index in [1.165, 1.54) is 77.0 Å². The molecule has 228 valence electrons. The quantitative estimate of drug-likeness (QED) is 0.0776. The topological polar surface area (TPSA) is 131 Å².